The van der Waals surface area contributed by atoms with Crippen LogP contribution in [0.4, 0.5) is 5.69 Å². The second-order valence-electron chi connectivity index (χ2n) is 5.37. The van der Waals surface area contributed by atoms with Gasteiger partial charge in [0.1, 0.15) is 5.75 Å². The van der Waals surface area contributed by atoms with Crippen molar-refractivity contribution in [3.05, 3.63) is 68.6 Å². The maximum Gasteiger partial charge on any atom is 0.286 e. The van der Waals surface area contributed by atoms with Gasteiger partial charge in [-0.25, -0.2) is 0 Å². The van der Waals surface area contributed by atoms with Gasteiger partial charge in [-0.15, -0.1) is 10.2 Å². The van der Waals surface area contributed by atoms with Crippen LogP contribution in [0.3, 0.4) is 0 Å². The first-order valence-corrected chi connectivity index (χ1v) is 9.48. The van der Waals surface area contributed by atoms with Crippen molar-refractivity contribution in [1.29, 1.82) is 0 Å². The van der Waals surface area contributed by atoms with Crippen molar-refractivity contribution in [3.63, 3.8) is 0 Å². The zero-order valence-corrected chi connectivity index (χ0v) is 16.6. The minimum atomic E-state index is -0.411. The molecule has 1 aromatic heterocycles. The van der Waals surface area contributed by atoms with Gasteiger partial charge in [0.15, 0.2) is 0 Å². The Hall–Kier alpha value is -2.78. The molecule has 0 fully saturated rings. The van der Waals surface area contributed by atoms with Gasteiger partial charge in [0.2, 0.25) is 10.0 Å². The van der Waals surface area contributed by atoms with E-state index in [2.05, 4.69) is 36.8 Å². The number of halogens is 1. The van der Waals surface area contributed by atoms with Gasteiger partial charge < -0.3 is 15.4 Å². The highest BCUT2D eigenvalue weighted by Crippen LogP contribution is 2.23. The number of nitrogens with one attached hydrogen (secondary N) is 2. The Morgan fingerprint density at radius 2 is 1.78 bits per heavy atom. The van der Waals surface area contributed by atoms with Crippen LogP contribution < -0.4 is 15.4 Å². The summed E-state index contributed by atoms with van der Waals surface area (Å²) in [6.07, 6.45) is 0. The fourth-order valence-electron chi connectivity index (χ4n) is 2.25. The summed E-state index contributed by atoms with van der Waals surface area (Å²) < 4.78 is 6.16. The molecule has 27 heavy (non-hydrogen) atoms. The summed E-state index contributed by atoms with van der Waals surface area (Å²) in [4.78, 5) is 24.5. The topological polar surface area (TPSA) is 93.2 Å². The summed E-state index contributed by atoms with van der Waals surface area (Å²) in [6.45, 7) is 0.257. The maximum absolute atomic E-state index is 12.3. The molecular weight excluding hydrogens is 432 g/mol. The van der Waals surface area contributed by atoms with Gasteiger partial charge in [-0.3, -0.25) is 9.59 Å². The second kappa shape index (κ2) is 8.74. The molecule has 9 heteroatoms. The number of hydrogen-bond acceptors (Lipinski definition) is 6. The number of para-hydroxylation sites is 1. The number of nitrogens with zero attached hydrogens (tertiary/aromatic N) is 2. The third-order valence-corrected chi connectivity index (χ3v) is 4.94. The molecule has 2 aromatic carbocycles. The predicted molar refractivity (Wildman–Crippen MR) is 106 cm³/mol. The number of ether oxygens (including phenoxy) is 1. The predicted octanol–water partition coefficient (Wildman–Crippen LogP) is 3.49. The van der Waals surface area contributed by atoms with E-state index in [0.717, 1.165) is 21.4 Å². The van der Waals surface area contributed by atoms with Crippen molar-refractivity contribution in [3.8, 4) is 5.75 Å². The number of benzene rings is 2. The molecule has 0 aliphatic rings. The molecule has 0 saturated carbocycles. The highest BCUT2D eigenvalue weighted by atomic mass is 79.9. The molecular formula is C18H15BrN4O3S. The average molecular weight is 447 g/mol. The third-order valence-electron chi connectivity index (χ3n) is 3.53. The van der Waals surface area contributed by atoms with Gasteiger partial charge in [-0.05, 0) is 30.3 Å². The highest BCUT2D eigenvalue weighted by Gasteiger charge is 2.18. The molecule has 0 saturated heterocycles. The first-order valence-electron chi connectivity index (χ1n) is 7.87. The number of anilines is 1. The minimum absolute atomic E-state index is 0.113. The molecule has 1 heterocycles. The van der Waals surface area contributed by atoms with Crippen LogP contribution in [0.5, 0.6) is 5.75 Å². The Balaban J connectivity index is 1.63. The molecule has 3 rings (SSSR count). The lowest BCUT2D eigenvalue weighted by Gasteiger charge is -2.09. The maximum atomic E-state index is 12.3. The van der Waals surface area contributed by atoms with Gasteiger partial charge in [-0.1, -0.05) is 45.5 Å². The monoisotopic (exact) mass is 446 g/mol. The Labute approximate surface area is 167 Å². The summed E-state index contributed by atoms with van der Waals surface area (Å²) in [5, 5.41) is 13.3. The van der Waals surface area contributed by atoms with E-state index in [1.54, 1.807) is 19.2 Å². The van der Waals surface area contributed by atoms with Crippen molar-refractivity contribution in [2.24, 2.45) is 0 Å². The third kappa shape index (κ3) is 4.89. The molecule has 2 amide bonds. The molecule has 0 radical (unpaired) electrons. The van der Waals surface area contributed by atoms with E-state index < -0.39 is 11.8 Å². The molecule has 7 nitrogen and oxygen atoms in total. The van der Waals surface area contributed by atoms with Gasteiger partial charge in [0.05, 0.1) is 7.11 Å². The van der Waals surface area contributed by atoms with Gasteiger partial charge in [0.25, 0.3) is 11.8 Å². The van der Waals surface area contributed by atoms with Crippen molar-refractivity contribution in [2.45, 2.75) is 6.54 Å². The Morgan fingerprint density at radius 3 is 2.48 bits per heavy atom. The molecule has 3 aromatic rings. The van der Waals surface area contributed by atoms with E-state index in [1.165, 1.54) is 0 Å². The smallest absolute Gasteiger partial charge is 0.286 e. The second-order valence-corrected chi connectivity index (χ2v) is 7.26. The normalized spacial score (nSPS) is 10.3. The highest BCUT2D eigenvalue weighted by molar-refractivity contribution is 9.10. The lowest BCUT2D eigenvalue weighted by molar-refractivity contribution is 0.0948. The molecule has 0 unspecified atom stereocenters. The molecule has 0 aliphatic carbocycles. The number of rotatable bonds is 6. The quantitative estimate of drug-likeness (QED) is 0.604. The van der Waals surface area contributed by atoms with Crippen LogP contribution in [0.15, 0.2) is 53.0 Å². The van der Waals surface area contributed by atoms with E-state index in [0.29, 0.717) is 11.4 Å². The van der Waals surface area contributed by atoms with E-state index in [9.17, 15) is 9.59 Å². The van der Waals surface area contributed by atoms with Gasteiger partial charge >= 0.3 is 0 Å². The van der Waals surface area contributed by atoms with Crippen LogP contribution in [0.2, 0.25) is 0 Å². The summed E-state index contributed by atoms with van der Waals surface area (Å²) in [5.41, 5.74) is 1.46. The average Bonchev–Trinajstić information content (AvgIpc) is 3.17. The van der Waals surface area contributed by atoms with Crippen LogP contribution in [0, 0.1) is 0 Å². The van der Waals surface area contributed by atoms with Gasteiger partial charge in [-0.2, -0.15) is 0 Å². The van der Waals surface area contributed by atoms with Gasteiger partial charge in [0, 0.05) is 22.3 Å². The Kier molecular flexibility index (Phi) is 6.15. The first-order chi connectivity index (χ1) is 13.1. The molecule has 0 spiro atoms. The van der Waals surface area contributed by atoms with Crippen molar-refractivity contribution >= 4 is 44.8 Å². The molecule has 2 N–H and O–H groups in total. The van der Waals surface area contributed by atoms with E-state index in [-0.39, 0.29) is 16.6 Å². The van der Waals surface area contributed by atoms with Crippen LogP contribution in [0.25, 0.3) is 0 Å². The molecule has 138 valence electrons. The van der Waals surface area contributed by atoms with Crippen LogP contribution in [0.1, 0.15) is 25.2 Å². The molecule has 0 bridgehead atoms. The summed E-state index contributed by atoms with van der Waals surface area (Å²) in [7, 11) is 1.57. The van der Waals surface area contributed by atoms with Crippen LogP contribution >= 0.6 is 27.3 Å². The summed E-state index contributed by atoms with van der Waals surface area (Å²) in [6, 6.07) is 14.5. The van der Waals surface area contributed by atoms with E-state index in [1.807, 2.05) is 36.4 Å². The summed E-state index contributed by atoms with van der Waals surface area (Å²) >= 11 is 4.32. The van der Waals surface area contributed by atoms with Crippen molar-refractivity contribution in [2.75, 3.05) is 12.4 Å². The van der Waals surface area contributed by atoms with Crippen molar-refractivity contribution in [1.82, 2.24) is 15.5 Å². The Morgan fingerprint density at radius 1 is 1.07 bits per heavy atom. The number of amides is 2. The zero-order chi connectivity index (χ0) is 19.2. The van der Waals surface area contributed by atoms with E-state index >= 15 is 0 Å². The van der Waals surface area contributed by atoms with E-state index in [4.69, 9.17) is 4.74 Å². The number of carbonyl (C=O) groups excluding carboxylic acids is 2. The first kappa shape index (κ1) is 19.0. The Bertz CT molecular complexity index is 962. The molecule has 0 aliphatic heterocycles. The van der Waals surface area contributed by atoms with Crippen molar-refractivity contribution < 1.29 is 14.3 Å². The number of methoxy groups -OCH3 is 1. The fourth-order valence-corrected chi connectivity index (χ4v) is 3.31. The SMILES string of the molecule is COc1ccc(Br)cc1CNC(=O)c1nnc(C(=O)Nc2ccccc2)s1. The van der Waals surface area contributed by atoms with Crippen LogP contribution in [-0.2, 0) is 6.54 Å². The number of carbonyl (C=O) groups is 2. The number of hydrogen-bond donors (Lipinski definition) is 2. The zero-order valence-electron chi connectivity index (χ0n) is 14.2. The molecule has 0 atom stereocenters. The lowest BCUT2D eigenvalue weighted by Crippen LogP contribution is -2.23. The lowest BCUT2D eigenvalue weighted by atomic mass is 10.2. The minimum Gasteiger partial charge on any atom is -0.496 e. The standard InChI is InChI=1S/C18H15BrN4O3S/c1-26-14-8-7-12(19)9-11(14)10-20-15(24)17-22-23-18(27-17)16(25)21-13-5-3-2-4-6-13/h2-9H,10H2,1H3,(H,20,24)(H,21,25). The summed E-state index contributed by atoms with van der Waals surface area (Å²) in [5.74, 6) is -0.154. The largest absolute Gasteiger partial charge is 0.496 e. The fraction of sp³-hybridized carbons (Fsp3) is 0.111. The van der Waals surface area contributed by atoms with Crippen LogP contribution in [-0.4, -0.2) is 29.1 Å². The number of aromatic nitrogens is 2.